The van der Waals surface area contributed by atoms with Crippen LogP contribution < -0.4 is 10.6 Å². The molecule has 1 amide bonds. The van der Waals surface area contributed by atoms with Crippen molar-refractivity contribution < 1.29 is 4.79 Å². The molecule has 0 bridgehead atoms. The van der Waals surface area contributed by atoms with E-state index in [0.29, 0.717) is 24.1 Å². The summed E-state index contributed by atoms with van der Waals surface area (Å²) in [6.45, 7) is 1.44. The lowest BCUT2D eigenvalue weighted by Crippen LogP contribution is -2.44. The van der Waals surface area contributed by atoms with Crippen molar-refractivity contribution in [2.45, 2.75) is 13.0 Å². The van der Waals surface area contributed by atoms with Crippen molar-refractivity contribution in [2.75, 3.05) is 27.2 Å². The second kappa shape index (κ2) is 10.5. The Morgan fingerprint density at radius 2 is 1.81 bits per heavy atom. The average molecular weight is 373 g/mol. The summed E-state index contributed by atoms with van der Waals surface area (Å²) in [6.07, 6.45) is 0.815. The molecule has 6 heteroatoms. The highest BCUT2D eigenvalue weighted by molar-refractivity contribution is 6.30. The molecule has 138 valence electrons. The van der Waals surface area contributed by atoms with Gasteiger partial charge in [0, 0.05) is 32.2 Å². The van der Waals surface area contributed by atoms with E-state index in [1.807, 2.05) is 54.4 Å². The van der Waals surface area contributed by atoms with Gasteiger partial charge in [-0.25, -0.2) is 0 Å². The van der Waals surface area contributed by atoms with Gasteiger partial charge < -0.3 is 15.5 Å². The molecule has 2 aromatic carbocycles. The molecular weight excluding hydrogens is 348 g/mol. The zero-order chi connectivity index (χ0) is 18.8. The topological polar surface area (TPSA) is 56.7 Å². The molecular formula is C20H25ClN4O. The van der Waals surface area contributed by atoms with Crippen LogP contribution in [0.4, 0.5) is 0 Å². The quantitative estimate of drug-likeness (QED) is 0.580. The van der Waals surface area contributed by atoms with Gasteiger partial charge in [-0.15, -0.1) is 0 Å². The third kappa shape index (κ3) is 6.76. The highest BCUT2D eigenvalue weighted by Gasteiger charge is 2.09. The first kappa shape index (κ1) is 19.8. The van der Waals surface area contributed by atoms with Crippen LogP contribution in [0.15, 0.2) is 59.6 Å². The summed E-state index contributed by atoms with van der Waals surface area (Å²) in [5, 5.41) is 6.70. The Labute approximate surface area is 160 Å². The number of halogens is 1. The highest BCUT2D eigenvalue weighted by Crippen LogP contribution is 2.12. The fourth-order valence-corrected chi connectivity index (χ4v) is 2.79. The van der Waals surface area contributed by atoms with Crippen LogP contribution in [-0.4, -0.2) is 44.0 Å². The van der Waals surface area contributed by atoms with Crippen molar-refractivity contribution in [3.8, 4) is 0 Å². The molecule has 2 aromatic rings. The molecule has 0 unspecified atom stereocenters. The number of rotatable bonds is 7. The molecule has 2 N–H and O–H groups in total. The van der Waals surface area contributed by atoms with Crippen molar-refractivity contribution in [2.24, 2.45) is 4.99 Å². The first-order chi connectivity index (χ1) is 12.6. The van der Waals surface area contributed by atoms with E-state index in [9.17, 15) is 4.79 Å². The monoisotopic (exact) mass is 372 g/mol. The highest BCUT2D eigenvalue weighted by atomic mass is 35.5. The van der Waals surface area contributed by atoms with Crippen molar-refractivity contribution in [1.82, 2.24) is 15.5 Å². The molecule has 26 heavy (non-hydrogen) atoms. The fraction of sp³-hybridized carbons (Fsp3) is 0.300. The van der Waals surface area contributed by atoms with Crippen LogP contribution in [0, 0.1) is 0 Å². The number of aliphatic imine (C=N–C) groups is 1. The van der Waals surface area contributed by atoms with Gasteiger partial charge in [-0.3, -0.25) is 9.79 Å². The predicted molar refractivity (Wildman–Crippen MR) is 107 cm³/mol. The van der Waals surface area contributed by atoms with E-state index in [4.69, 9.17) is 11.6 Å². The molecule has 0 spiro atoms. The summed E-state index contributed by atoms with van der Waals surface area (Å²) in [5.74, 6) is 0.599. The minimum Gasteiger partial charge on any atom is -0.354 e. The molecule has 0 aliphatic heterocycles. The number of nitrogens with zero attached hydrogens (tertiary/aromatic N) is 2. The zero-order valence-corrected chi connectivity index (χ0v) is 16.0. The number of carbonyl (C=O) groups excluding carboxylic acids is 1. The van der Waals surface area contributed by atoms with Crippen LogP contribution in [0.25, 0.3) is 0 Å². The van der Waals surface area contributed by atoms with E-state index in [2.05, 4.69) is 27.8 Å². The Morgan fingerprint density at radius 3 is 2.50 bits per heavy atom. The molecule has 0 aromatic heterocycles. The Balaban J connectivity index is 1.74. The standard InChI is InChI=1S/C20H25ClN4O/c1-22-20(25(2)15-17-9-6-10-18(21)13-17)24-14-19(26)23-12-11-16-7-4-3-5-8-16/h3-10,13H,11-12,14-15H2,1-2H3,(H,22,24)(H,23,26). The summed E-state index contributed by atoms with van der Waals surface area (Å²) in [5.41, 5.74) is 2.29. The summed E-state index contributed by atoms with van der Waals surface area (Å²) >= 11 is 6.02. The van der Waals surface area contributed by atoms with E-state index in [-0.39, 0.29) is 12.5 Å². The number of carbonyl (C=O) groups is 1. The molecule has 0 radical (unpaired) electrons. The maximum Gasteiger partial charge on any atom is 0.239 e. The average Bonchev–Trinajstić information content (AvgIpc) is 2.63. The molecule has 0 heterocycles. The van der Waals surface area contributed by atoms with E-state index < -0.39 is 0 Å². The SMILES string of the molecule is CN=C(NCC(=O)NCCc1ccccc1)N(C)Cc1cccc(Cl)c1. The lowest BCUT2D eigenvalue weighted by Gasteiger charge is -2.22. The predicted octanol–water partition coefficient (Wildman–Crippen LogP) is 2.71. The summed E-state index contributed by atoms with van der Waals surface area (Å²) < 4.78 is 0. The minimum atomic E-state index is -0.0572. The van der Waals surface area contributed by atoms with Crippen LogP contribution in [0.2, 0.25) is 5.02 Å². The third-order valence-electron chi connectivity index (χ3n) is 3.87. The van der Waals surface area contributed by atoms with E-state index in [1.54, 1.807) is 7.05 Å². The van der Waals surface area contributed by atoms with Gasteiger partial charge in [0.25, 0.3) is 0 Å². The second-order valence-corrected chi connectivity index (χ2v) is 6.41. The number of guanidine groups is 1. The molecule has 0 saturated carbocycles. The zero-order valence-electron chi connectivity index (χ0n) is 15.2. The van der Waals surface area contributed by atoms with Gasteiger partial charge in [0.05, 0.1) is 6.54 Å². The fourth-order valence-electron chi connectivity index (χ4n) is 2.58. The van der Waals surface area contributed by atoms with Gasteiger partial charge in [0.1, 0.15) is 0 Å². The molecule has 0 aliphatic carbocycles. The van der Waals surface area contributed by atoms with E-state index in [0.717, 1.165) is 12.0 Å². The first-order valence-corrected chi connectivity index (χ1v) is 8.93. The van der Waals surface area contributed by atoms with Crippen molar-refractivity contribution in [1.29, 1.82) is 0 Å². The largest absolute Gasteiger partial charge is 0.354 e. The van der Waals surface area contributed by atoms with E-state index in [1.165, 1.54) is 5.56 Å². The van der Waals surface area contributed by atoms with E-state index >= 15 is 0 Å². The lowest BCUT2D eigenvalue weighted by molar-refractivity contribution is -0.120. The smallest absolute Gasteiger partial charge is 0.239 e. The van der Waals surface area contributed by atoms with Gasteiger partial charge in [-0.05, 0) is 29.7 Å². The number of hydrogen-bond donors (Lipinski definition) is 2. The number of nitrogens with one attached hydrogen (secondary N) is 2. The van der Waals surface area contributed by atoms with Gasteiger partial charge in [-0.2, -0.15) is 0 Å². The Bertz CT molecular complexity index is 734. The molecule has 0 atom stereocenters. The summed E-state index contributed by atoms with van der Waals surface area (Å²) in [6, 6.07) is 17.8. The van der Waals surface area contributed by atoms with Gasteiger partial charge in [0.15, 0.2) is 5.96 Å². The normalized spacial score (nSPS) is 11.1. The van der Waals surface area contributed by atoms with Crippen LogP contribution in [0.5, 0.6) is 0 Å². The Kier molecular flexibility index (Phi) is 7.96. The Hall–Kier alpha value is -2.53. The number of benzene rings is 2. The van der Waals surface area contributed by atoms with Crippen molar-refractivity contribution >= 4 is 23.5 Å². The van der Waals surface area contributed by atoms with Crippen LogP contribution in [0.1, 0.15) is 11.1 Å². The van der Waals surface area contributed by atoms with Crippen LogP contribution >= 0.6 is 11.6 Å². The maximum atomic E-state index is 12.0. The number of amides is 1. The first-order valence-electron chi connectivity index (χ1n) is 8.55. The van der Waals surface area contributed by atoms with Gasteiger partial charge >= 0.3 is 0 Å². The van der Waals surface area contributed by atoms with Crippen LogP contribution in [-0.2, 0) is 17.8 Å². The minimum absolute atomic E-state index is 0.0572. The molecule has 0 saturated heterocycles. The number of hydrogen-bond acceptors (Lipinski definition) is 2. The summed E-state index contributed by atoms with van der Waals surface area (Å²) in [4.78, 5) is 18.2. The van der Waals surface area contributed by atoms with Crippen molar-refractivity contribution in [3.05, 3.63) is 70.7 Å². The lowest BCUT2D eigenvalue weighted by atomic mass is 10.1. The van der Waals surface area contributed by atoms with Crippen molar-refractivity contribution in [3.63, 3.8) is 0 Å². The third-order valence-corrected chi connectivity index (χ3v) is 4.10. The summed E-state index contributed by atoms with van der Waals surface area (Å²) in [7, 11) is 3.62. The van der Waals surface area contributed by atoms with Crippen LogP contribution in [0.3, 0.4) is 0 Å². The molecule has 0 fully saturated rings. The molecule has 2 rings (SSSR count). The Morgan fingerprint density at radius 1 is 1.08 bits per heavy atom. The maximum absolute atomic E-state index is 12.0. The molecule has 5 nitrogen and oxygen atoms in total. The molecule has 0 aliphatic rings. The second-order valence-electron chi connectivity index (χ2n) is 5.97. The van der Waals surface area contributed by atoms with Gasteiger partial charge in [0.2, 0.25) is 5.91 Å². The van der Waals surface area contributed by atoms with Gasteiger partial charge in [-0.1, -0.05) is 54.1 Å².